The van der Waals surface area contributed by atoms with Crippen molar-refractivity contribution in [2.75, 3.05) is 10.6 Å². The monoisotopic (exact) mass is 777 g/mol. The van der Waals surface area contributed by atoms with Crippen LogP contribution in [0.2, 0.25) is 10.0 Å². The van der Waals surface area contributed by atoms with Crippen LogP contribution in [0, 0.1) is 3.57 Å². The van der Waals surface area contributed by atoms with E-state index in [9.17, 15) is 14.4 Å². The van der Waals surface area contributed by atoms with Crippen LogP contribution in [0.25, 0.3) is 6.08 Å². The third-order valence-electron chi connectivity index (χ3n) is 6.62. The molecule has 5 aromatic rings. The minimum atomic E-state index is -0.585. The second-order valence-corrected chi connectivity index (χ2v) is 13.1. The summed E-state index contributed by atoms with van der Waals surface area (Å²) in [5.41, 5.74) is 2.70. The van der Waals surface area contributed by atoms with Crippen molar-refractivity contribution in [3.63, 3.8) is 0 Å². The Labute approximate surface area is 294 Å². The summed E-state index contributed by atoms with van der Waals surface area (Å²) in [5.74, 6) is -1.24. The quantitative estimate of drug-likeness (QED) is 0.0750. The first kappa shape index (κ1) is 33.3. The Bertz CT molecular complexity index is 1870. The predicted octanol–water partition coefficient (Wildman–Crippen LogP) is 9.48. The van der Waals surface area contributed by atoms with E-state index in [-0.39, 0.29) is 11.6 Å². The zero-order valence-corrected chi connectivity index (χ0v) is 28.5. The molecule has 0 saturated carbocycles. The molecule has 5 rings (SSSR count). The minimum Gasteiger partial charge on any atom is -0.325 e. The Kier molecular flexibility index (Phi) is 11.5. The summed E-state index contributed by atoms with van der Waals surface area (Å²) in [5, 5.41) is 8.64. The molecular formula is C36H26Cl2IN3O3S. The topological polar surface area (TPSA) is 87.3 Å². The fourth-order valence-corrected chi connectivity index (χ4v) is 6.31. The number of thioether (sulfide) groups is 1. The molecule has 0 fully saturated rings. The molecule has 3 N–H and O–H groups in total. The molecule has 0 aliphatic heterocycles. The number of anilines is 2. The van der Waals surface area contributed by atoms with Gasteiger partial charge < -0.3 is 16.0 Å². The Balaban J connectivity index is 1.39. The lowest BCUT2D eigenvalue weighted by Crippen LogP contribution is -2.30. The molecule has 0 bridgehead atoms. The van der Waals surface area contributed by atoms with Crippen molar-refractivity contribution in [2.24, 2.45) is 0 Å². The lowest BCUT2D eigenvalue weighted by atomic mass is 10.1. The number of halogens is 3. The summed E-state index contributed by atoms with van der Waals surface area (Å²) in [6.45, 7) is 0. The number of nitrogens with one attached hydrogen (secondary N) is 3. The first-order chi connectivity index (χ1) is 22.3. The molecule has 1 unspecified atom stereocenters. The fourth-order valence-electron chi connectivity index (χ4n) is 4.36. The van der Waals surface area contributed by atoms with Gasteiger partial charge in [0.25, 0.3) is 11.8 Å². The normalized spacial score (nSPS) is 11.8. The molecule has 0 spiro atoms. The molecule has 1 atom stereocenters. The van der Waals surface area contributed by atoms with Crippen LogP contribution in [-0.2, 0) is 9.59 Å². The molecule has 46 heavy (non-hydrogen) atoms. The zero-order valence-electron chi connectivity index (χ0n) is 24.0. The van der Waals surface area contributed by atoms with E-state index < -0.39 is 17.1 Å². The van der Waals surface area contributed by atoms with Crippen molar-refractivity contribution < 1.29 is 14.4 Å². The van der Waals surface area contributed by atoms with Crippen LogP contribution in [0.15, 0.2) is 138 Å². The van der Waals surface area contributed by atoms with Gasteiger partial charge in [0.05, 0.1) is 0 Å². The van der Waals surface area contributed by atoms with Gasteiger partial charge in [-0.3, -0.25) is 14.4 Å². The molecule has 0 aliphatic carbocycles. The molecule has 3 amide bonds. The molecule has 230 valence electrons. The average Bonchev–Trinajstić information content (AvgIpc) is 3.06. The standard InChI is InChI=1S/C36H26Cl2IN3O3S/c37-30-15-8-16-31(38)29(30)22-32(42-34(43)24-11-5-2-6-12-24)35(44)41-27-13-7-14-28(21-27)46-33(23-9-3-1-4-10-23)36(45)40-26-19-17-25(39)18-20-26/h1-22,33H,(H,40,45)(H,41,44)(H,42,43)/b32-22+. The van der Waals surface area contributed by atoms with E-state index in [4.69, 9.17) is 23.2 Å². The summed E-state index contributed by atoms with van der Waals surface area (Å²) in [4.78, 5) is 41.0. The summed E-state index contributed by atoms with van der Waals surface area (Å²) < 4.78 is 1.07. The molecule has 5 aromatic carbocycles. The van der Waals surface area contributed by atoms with Crippen LogP contribution in [0.5, 0.6) is 0 Å². The number of benzene rings is 5. The largest absolute Gasteiger partial charge is 0.325 e. The van der Waals surface area contributed by atoms with E-state index in [1.54, 1.807) is 66.7 Å². The van der Waals surface area contributed by atoms with Gasteiger partial charge in [0, 0.05) is 41.0 Å². The van der Waals surface area contributed by atoms with E-state index in [1.165, 1.54) is 17.8 Å². The molecule has 6 nitrogen and oxygen atoms in total. The van der Waals surface area contributed by atoms with Gasteiger partial charge in [0.1, 0.15) is 10.9 Å². The van der Waals surface area contributed by atoms with Gasteiger partial charge in [-0.25, -0.2) is 0 Å². The second kappa shape index (κ2) is 16.0. The molecular weight excluding hydrogens is 752 g/mol. The van der Waals surface area contributed by atoms with E-state index >= 15 is 0 Å². The molecule has 0 radical (unpaired) electrons. The second-order valence-electron chi connectivity index (χ2n) is 9.90. The zero-order chi connectivity index (χ0) is 32.5. The molecule has 0 heterocycles. The van der Waals surface area contributed by atoms with Crippen LogP contribution >= 0.6 is 57.6 Å². The smallest absolute Gasteiger partial charge is 0.272 e. The van der Waals surface area contributed by atoms with Crippen molar-refractivity contribution >= 4 is 92.7 Å². The van der Waals surface area contributed by atoms with Gasteiger partial charge >= 0.3 is 0 Å². The maximum atomic E-state index is 13.6. The minimum absolute atomic E-state index is 0.0547. The predicted molar refractivity (Wildman–Crippen MR) is 196 cm³/mol. The van der Waals surface area contributed by atoms with Crippen LogP contribution in [0.1, 0.15) is 26.7 Å². The van der Waals surface area contributed by atoms with Crippen molar-refractivity contribution in [1.29, 1.82) is 0 Å². The first-order valence-electron chi connectivity index (χ1n) is 14.0. The maximum absolute atomic E-state index is 13.6. The molecule has 0 aliphatic rings. The highest BCUT2D eigenvalue weighted by Crippen LogP contribution is 2.37. The van der Waals surface area contributed by atoms with E-state index in [2.05, 4.69) is 38.5 Å². The number of hydrogen-bond acceptors (Lipinski definition) is 4. The maximum Gasteiger partial charge on any atom is 0.272 e. The highest BCUT2D eigenvalue weighted by Gasteiger charge is 2.23. The van der Waals surface area contributed by atoms with Gasteiger partial charge in [0.15, 0.2) is 0 Å². The highest BCUT2D eigenvalue weighted by molar-refractivity contribution is 14.1. The number of rotatable bonds is 10. The molecule has 0 saturated heterocycles. The van der Waals surface area contributed by atoms with Crippen LogP contribution in [-0.4, -0.2) is 17.7 Å². The molecule has 0 aromatic heterocycles. The highest BCUT2D eigenvalue weighted by atomic mass is 127. The fraction of sp³-hybridized carbons (Fsp3) is 0.0278. The van der Waals surface area contributed by atoms with Crippen molar-refractivity contribution in [3.05, 3.63) is 163 Å². The summed E-state index contributed by atoms with van der Waals surface area (Å²) in [7, 11) is 0. The Morgan fingerprint density at radius 1 is 0.696 bits per heavy atom. The van der Waals surface area contributed by atoms with Gasteiger partial charge in [0.2, 0.25) is 5.91 Å². The third kappa shape index (κ3) is 9.01. The number of hydrogen-bond donors (Lipinski definition) is 3. The Hall–Kier alpha value is -4.09. The van der Waals surface area contributed by atoms with Gasteiger partial charge in [-0.1, -0.05) is 83.9 Å². The summed E-state index contributed by atoms with van der Waals surface area (Å²) >= 11 is 16.3. The van der Waals surface area contributed by atoms with E-state index in [1.807, 2.05) is 60.7 Å². The average molecular weight is 778 g/mol. The van der Waals surface area contributed by atoms with E-state index in [0.717, 1.165) is 14.0 Å². The van der Waals surface area contributed by atoms with Gasteiger partial charge in [-0.2, -0.15) is 0 Å². The lowest BCUT2D eigenvalue weighted by molar-refractivity contribution is -0.116. The van der Waals surface area contributed by atoms with Gasteiger partial charge in [-0.15, -0.1) is 11.8 Å². The molecule has 10 heteroatoms. The van der Waals surface area contributed by atoms with Gasteiger partial charge in [-0.05, 0) is 101 Å². The lowest BCUT2D eigenvalue weighted by Gasteiger charge is -2.18. The SMILES string of the molecule is O=C(Nc1cccc(SC(C(=O)Nc2ccc(I)cc2)c2ccccc2)c1)/C(=C\c1c(Cl)cccc1Cl)NC(=O)c1ccccc1. The number of amides is 3. The Morgan fingerprint density at radius 3 is 2.00 bits per heavy atom. The van der Waals surface area contributed by atoms with Crippen LogP contribution in [0.3, 0.4) is 0 Å². The Morgan fingerprint density at radius 2 is 1.33 bits per heavy atom. The van der Waals surface area contributed by atoms with Crippen molar-refractivity contribution in [2.45, 2.75) is 10.1 Å². The summed E-state index contributed by atoms with van der Waals surface area (Å²) in [6, 6.07) is 37.8. The van der Waals surface area contributed by atoms with E-state index in [0.29, 0.717) is 32.5 Å². The summed E-state index contributed by atoms with van der Waals surface area (Å²) in [6.07, 6.45) is 1.44. The van der Waals surface area contributed by atoms with Crippen LogP contribution < -0.4 is 16.0 Å². The third-order valence-corrected chi connectivity index (χ3v) is 9.24. The van der Waals surface area contributed by atoms with Crippen molar-refractivity contribution in [3.8, 4) is 0 Å². The number of carbonyl (C=O) groups excluding carboxylic acids is 3. The first-order valence-corrected chi connectivity index (χ1v) is 16.7. The van der Waals surface area contributed by atoms with Crippen LogP contribution in [0.4, 0.5) is 11.4 Å². The number of carbonyl (C=O) groups is 3. The van der Waals surface area contributed by atoms with Crippen molar-refractivity contribution in [1.82, 2.24) is 5.32 Å².